The lowest BCUT2D eigenvalue weighted by Crippen LogP contribution is -2.05. The van der Waals surface area contributed by atoms with Crippen molar-refractivity contribution in [1.82, 2.24) is 4.98 Å². The summed E-state index contributed by atoms with van der Waals surface area (Å²) in [4.78, 5) is 2.64. The summed E-state index contributed by atoms with van der Waals surface area (Å²) in [6.07, 6.45) is 1.35. The Morgan fingerprint density at radius 1 is 1.28 bits per heavy atom. The Morgan fingerprint density at radius 3 is 2.61 bits per heavy atom. The Balaban J connectivity index is 2.59. The minimum atomic E-state index is -4.50. The second-order valence-corrected chi connectivity index (χ2v) is 3.88. The van der Waals surface area contributed by atoms with E-state index in [4.69, 9.17) is 6.42 Å². The lowest BCUT2D eigenvalue weighted by Gasteiger charge is -2.07. The summed E-state index contributed by atoms with van der Waals surface area (Å²) < 4.78 is 51.7. The number of hydrogen-bond donors (Lipinski definition) is 1. The monoisotopic (exact) mass is 255 g/mol. The second kappa shape index (κ2) is 4.37. The molecule has 0 aliphatic carbocycles. The quantitative estimate of drug-likeness (QED) is 0.619. The smallest absolute Gasteiger partial charge is 0.356 e. The van der Waals surface area contributed by atoms with Crippen LogP contribution in [-0.2, 0) is 12.6 Å². The van der Waals surface area contributed by atoms with Gasteiger partial charge in [0, 0.05) is 17.5 Å². The van der Waals surface area contributed by atoms with E-state index in [-0.39, 0.29) is 10.9 Å². The predicted octanol–water partition coefficient (Wildman–Crippen LogP) is 3.89. The van der Waals surface area contributed by atoms with Crippen molar-refractivity contribution < 1.29 is 17.6 Å². The summed E-state index contributed by atoms with van der Waals surface area (Å²) in [5.41, 5.74) is -0.475. The van der Waals surface area contributed by atoms with Crippen molar-refractivity contribution in [3.8, 4) is 12.3 Å². The van der Waals surface area contributed by atoms with Crippen molar-refractivity contribution >= 4 is 10.9 Å². The van der Waals surface area contributed by atoms with Crippen LogP contribution >= 0.6 is 0 Å². The molecule has 2 rings (SSSR count). The molecule has 0 saturated heterocycles. The van der Waals surface area contributed by atoms with E-state index in [2.05, 4.69) is 10.9 Å². The van der Waals surface area contributed by atoms with E-state index in [0.29, 0.717) is 18.5 Å². The highest BCUT2D eigenvalue weighted by Gasteiger charge is 2.33. The first kappa shape index (κ1) is 12.5. The number of aromatic amines is 1. The molecule has 0 amide bonds. The number of fused-ring (bicyclic) bond motifs is 1. The molecular weight excluding hydrogens is 246 g/mol. The van der Waals surface area contributed by atoms with E-state index in [1.807, 2.05) is 0 Å². The molecule has 0 radical (unpaired) electrons. The molecule has 0 spiro atoms. The molecule has 2 aromatic rings. The second-order valence-electron chi connectivity index (χ2n) is 3.88. The third-order valence-electron chi connectivity index (χ3n) is 2.64. The fourth-order valence-corrected chi connectivity index (χ4v) is 1.83. The van der Waals surface area contributed by atoms with E-state index in [1.54, 1.807) is 0 Å². The van der Waals surface area contributed by atoms with Crippen molar-refractivity contribution in [2.75, 3.05) is 0 Å². The van der Waals surface area contributed by atoms with Crippen LogP contribution in [0.15, 0.2) is 18.2 Å². The van der Waals surface area contributed by atoms with Crippen LogP contribution < -0.4 is 0 Å². The van der Waals surface area contributed by atoms with Gasteiger partial charge < -0.3 is 4.98 Å². The molecule has 0 fully saturated rings. The van der Waals surface area contributed by atoms with E-state index in [9.17, 15) is 17.6 Å². The van der Waals surface area contributed by atoms with Crippen LogP contribution in [0.2, 0.25) is 0 Å². The van der Waals surface area contributed by atoms with E-state index >= 15 is 0 Å². The van der Waals surface area contributed by atoms with Gasteiger partial charge in [0.2, 0.25) is 0 Å². The Kier molecular flexibility index (Phi) is 3.04. The van der Waals surface area contributed by atoms with Gasteiger partial charge in [-0.3, -0.25) is 0 Å². The average Bonchev–Trinajstić information content (AvgIpc) is 2.69. The number of halogens is 4. The van der Waals surface area contributed by atoms with Crippen LogP contribution in [0.4, 0.5) is 17.6 Å². The fraction of sp³-hybridized carbons (Fsp3) is 0.231. The normalized spacial score (nSPS) is 11.7. The zero-order valence-electron chi connectivity index (χ0n) is 9.24. The van der Waals surface area contributed by atoms with Crippen LogP contribution in [0.5, 0.6) is 0 Å². The standard InChI is InChI=1S/C13H9F4N/c1-2-3-4-8-7-9-10(13(15,16)17)5-6-11(14)12(9)18-8/h1,5-7,18H,3-4H2. The average molecular weight is 255 g/mol. The van der Waals surface area contributed by atoms with E-state index in [0.717, 1.165) is 12.1 Å². The number of rotatable bonds is 2. The molecule has 1 heterocycles. The largest absolute Gasteiger partial charge is 0.417 e. The number of aromatic nitrogens is 1. The number of benzene rings is 1. The van der Waals surface area contributed by atoms with Crippen molar-refractivity contribution in [2.24, 2.45) is 0 Å². The van der Waals surface area contributed by atoms with Gasteiger partial charge in [-0.25, -0.2) is 4.39 Å². The number of H-pyrrole nitrogens is 1. The molecule has 18 heavy (non-hydrogen) atoms. The summed E-state index contributed by atoms with van der Waals surface area (Å²) in [6.45, 7) is 0. The number of hydrogen-bond acceptors (Lipinski definition) is 0. The summed E-state index contributed by atoms with van der Waals surface area (Å²) in [6, 6.07) is 2.86. The van der Waals surface area contributed by atoms with Gasteiger partial charge in [-0.15, -0.1) is 12.3 Å². The maximum Gasteiger partial charge on any atom is 0.417 e. The van der Waals surface area contributed by atoms with Gasteiger partial charge in [0.15, 0.2) is 0 Å². The van der Waals surface area contributed by atoms with Crippen LogP contribution in [0, 0.1) is 18.2 Å². The molecule has 0 aliphatic rings. The molecule has 5 heteroatoms. The maximum absolute atomic E-state index is 13.5. The van der Waals surface area contributed by atoms with Gasteiger partial charge in [0.05, 0.1) is 11.1 Å². The van der Waals surface area contributed by atoms with Gasteiger partial charge >= 0.3 is 6.18 Å². The van der Waals surface area contributed by atoms with Gasteiger partial charge in [0.25, 0.3) is 0 Å². The van der Waals surface area contributed by atoms with Crippen LogP contribution in [0.25, 0.3) is 10.9 Å². The van der Waals surface area contributed by atoms with Crippen LogP contribution in [0.1, 0.15) is 17.7 Å². The highest BCUT2D eigenvalue weighted by molar-refractivity contribution is 5.85. The lowest BCUT2D eigenvalue weighted by molar-refractivity contribution is -0.136. The van der Waals surface area contributed by atoms with Gasteiger partial charge in [-0.2, -0.15) is 13.2 Å². The molecule has 0 atom stereocenters. The molecule has 0 unspecified atom stereocenters. The first-order chi connectivity index (χ1) is 8.43. The Bertz CT molecular complexity index is 616. The van der Waals surface area contributed by atoms with Gasteiger partial charge in [-0.05, 0) is 24.6 Å². The molecule has 1 N–H and O–H groups in total. The molecular formula is C13H9F4N. The zero-order valence-corrected chi connectivity index (χ0v) is 9.24. The first-order valence-corrected chi connectivity index (χ1v) is 5.24. The third-order valence-corrected chi connectivity index (χ3v) is 2.64. The van der Waals surface area contributed by atoms with Crippen molar-refractivity contribution in [3.05, 3.63) is 35.3 Å². The minimum Gasteiger partial charge on any atom is -0.356 e. The molecule has 1 aromatic heterocycles. The lowest BCUT2D eigenvalue weighted by atomic mass is 10.1. The minimum absolute atomic E-state index is 0.128. The summed E-state index contributed by atoms with van der Waals surface area (Å²) >= 11 is 0. The topological polar surface area (TPSA) is 15.8 Å². The fourth-order valence-electron chi connectivity index (χ4n) is 1.83. The first-order valence-electron chi connectivity index (χ1n) is 5.24. The van der Waals surface area contributed by atoms with E-state index < -0.39 is 17.6 Å². The molecule has 1 nitrogen and oxygen atoms in total. The molecule has 0 bridgehead atoms. The van der Waals surface area contributed by atoms with Crippen LogP contribution in [0.3, 0.4) is 0 Å². The van der Waals surface area contributed by atoms with Crippen molar-refractivity contribution in [3.63, 3.8) is 0 Å². The Labute approximate surface area is 101 Å². The number of alkyl halides is 3. The predicted molar refractivity (Wildman–Crippen MR) is 60.4 cm³/mol. The molecule has 0 saturated carbocycles. The highest BCUT2D eigenvalue weighted by Crippen LogP contribution is 2.36. The Hall–Kier alpha value is -1.96. The molecule has 1 aromatic carbocycles. The van der Waals surface area contributed by atoms with Gasteiger partial charge in [0.1, 0.15) is 5.82 Å². The maximum atomic E-state index is 13.5. The van der Waals surface area contributed by atoms with E-state index in [1.165, 1.54) is 6.07 Å². The number of terminal acetylenes is 1. The van der Waals surface area contributed by atoms with Crippen molar-refractivity contribution in [2.45, 2.75) is 19.0 Å². The summed E-state index contributed by atoms with van der Waals surface area (Å²) in [5.74, 6) is 1.68. The van der Waals surface area contributed by atoms with Crippen molar-refractivity contribution in [1.29, 1.82) is 0 Å². The molecule has 94 valence electrons. The number of nitrogens with one attached hydrogen (secondary N) is 1. The highest BCUT2D eigenvalue weighted by atomic mass is 19.4. The molecule has 0 aliphatic heterocycles. The third kappa shape index (κ3) is 2.19. The Morgan fingerprint density at radius 2 is 2.00 bits per heavy atom. The zero-order chi connectivity index (χ0) is 13.3. The number of aryl methyl sites for hydroxylation is 1. The summed E-state index contributed by atoms with van der Waals surface area (Å²) in [7, 11) is 0. The van der Waals surface area contributed by atoms with Gasteiger partial charge in [-0.1, -0.05) is 0 Å². The van der Waals surface area contributed by atoms with Crippen LogP contribution in [-0.4, -0.2) is 4.98 Å². The summed E-state index contributed by atoms with van der Waals surface area (Å²) in [5, 5.41) is -0.158. The SMILES string of the molecule is C#CCCc1cc2c(C(F)(F)F)ccc(F)c2[nH]1.